The zero-order chi connectivity index (χ0) is 13.8. The third-order valence-electron chi connectivity index (χ3n) is 2.60. The maximum Gasteiger partial charge on any atom is 0.295 e. The Kier molecular flexibility index (Phi) is 4.61. The van der Waals surface area contributed by atoms with Crippen LogP contribution in [-0.4, -0.2) is 22.2 Å². The molecular weight excluding hydrogens is 239 g/mol. The first kappa shape index (κ1) is 14.4. The fourth-order valence-electron chi connectivity index (χ4n) is 1.72. The highest BCUT2D eigenvalue weighted by Crippen LogP contribution is 2.26. The molecule has 0 aromatic heterocycles. The molecule has 1 atom stereocenters. The predicted octanol–water partition coefficient (Wildman–Crippen LogP) is 2.70. The number of nitrogens with one attached hydrogen (secondary N) is 1. The monoisotopic (exact) mass is 256 g/mol. The zero-order valence-corrected chi connectivity index (χ0v) is 10.4. The van der Waals surface area contributed by atoms with Crippen molar-refractivity contribution in [2.45, 2.75) is 32.3 Å². The number of hydrogen-bond acceptors (Lipinski definition) is 4. The van der Waals surface area contributed by atoms with E-state index in [9.17, 15) is 19.6 Å². The van der Waals surface area contributed by atoms with Crippen LogP contribution in [0.4, 0.5) is 15.8 Å². The highest BCUT2D eigenvalue weighted by atomic mass is 19.1. The number of hydrogen-bond donors (Lipinski definition) is 2. The second-order valence-corrected chi connectivity index (χ2v) is 4.52. The minimum Gasteiger partial charge on any atom is -0.388 e. The van der Waals surface area contributed by atoms with Gasteiger partial charge in [-0.25, -0.2) is 4.39 Å². The van der Waals surface area contributed by atoms with Gasteiger partial charge in [0.15, 0.2) is 0 Å². The van der Waals surface area contributed by atoms with E-state index in [2.05, 4.69) is 5.32 Å². The summed E-state index contributed by atoms with van der Waals surface area (Å²) in [6.45, 7) is 3.76. The minimum absolute atomic E-state index is 0.174. The van der Waals surface area contributed by atoms with Crippen LogP contribution < -0.4 is 5.32 Å². The summed E-state index contributed by atoms with van der Waals surface area (Å²) in [6, 6.07) is 3.30. The number of benzene rings is 1. The van der Waals surface area contributed by atoms with E-state index in [1.165, 1.54) is 6.07 Å². The van der Waals surface area contributed by atoms with Crippen molar-refractivity contribution in [1.29, 1.82) is 0 Å². The molecule has 0 spiro atoms. The van der Waals surface area contributed by atoms with Gasteiger partial charge in [-0.3, -0.25) is 10.1 Å². The molecule has 0 amide bonds. The van der Waals surface area contributed by atoms with E-state index >= 15 is 0 Å². The first-order valence-electron chi connectivity index (χ1n) is 5.76. The minimum atomic E-state index is -0.947. The van der Waals surface area contributed by atoms with Crippen LogP contribution in [0.15, 0.2) is 18.2 Å². The predicted molar refractivity (Wildman–Crippen MR) is 67.1 cm³/mol. The number of halogens is 1. The van der Waals surface area contributed by atoms with Gasteiger partial charge in [-0.1, -0.05) is 13.3 Å². The van der Waals surface area contributed by atoms with Crippen LogP contribution in [0, 0.1) is 15.9 Å². The second kappa shape index (κ2) is 5.77. The van der Waals surface area contributed by atoms with Crippen LogP contribution in [0.3, 0.4) is 0 Å². The Hall–Kier alpha value is -1.69. The van der Waals surface area contributed by atoms with Crippen molar-refractivity contribution in [2.24, 2.45) is 0 Å². The summed E-state index contributed by atoms with van der Waals surface area (Å²) in [7, 11) is 0. The quantitative estimate of drug-likeness (QED) is 0.606. The maximum atomic E-state index is 12.9. The van der Waals surface area contributed by atoms with Crippen LogP contribution in [0.5, 0.6) is 0 Å². The molecule has 18 heavy (non-hydrogen) atoms. The van der Waals surface area contributed by atoms with E-state index in [1.54, 1.807) is 6.92 Å². The van der Waals surface area contributed by atoms with Gasteiger partial charge in [0.2, 0.25) is 0 Å². The van der Waals surface area contributed by atoms with Gasteiger partial charge in [0.25, 0.3) is 5.69 Å². The molecular formula is C12H17FN2O3. The number of nitro groups is 1. The van der Waals surface area contributed by atoms with E-state index in [1.807, 2.05) is 6.92 Å². The molecule has 6 heteroatoms. The van der Waals surface area contributed by atoms with Crippen molar-refractivity contribution in [1.82, 2.24) is 0 Å². The Morgan fingerprint density at radius 2 is 2.22 bits per heavy atom. The van der Waals surface area contributed by atoms with E-state index in [0.29, 0.717) is 6.42 Å². The molecule has 0 radical (unpaired) electrons. The summed E-state index contributed by atoms with van der Waals surface area (Å²) in [5.41, 5.74) is -1.07. The smallest absolute Gasteiger partial charge is 0.295 e. The Balaban J connectivity index is 2.82. The van der Waals surface area contributed by atoms with Crippen molar-refractivity contribution < 1.29 is 14.4 Å². The first-order chi connectivity index (χ1) is 8.35. The standard InChI is InChI=1S/C12H17FN2O3/c1-3-6-12(2,16)8-14-10-5-4-9(13)7-11(10)15(17)18/h4-5,7,14,16H,3,6,8H2,1-2H3. The second-order valence-electron chi connectivity index (χ2n) is 4.52. The van der Waals surface area contributed by atoms with Gasteiger partial charge < -0.3 is 10.4 Å². The molecule has 1 unspecified atom stereocenters. The molecule has 5 nitrogen and oxygen atoms in total. The molecule has 0 heterocycles. The fraction of sp³-hybridized carbons (Fsp3) is 0.500. The zero-order valence-electron chi connectivity index (χ0n) is 10.4. The Labute approximate surface area is 105 Å². The van der Waals surface area contributed by atoms with Gasteiger partial charge >= 0.3 is 0 Å². The average molecular weight is 256 g/mol. The van der Waals surface area contributed by atoms with Crippen LogP contribution in [-0.2, 0) is 0 Å². The number of rotatable bonds is 6. The molecule has 1 aromatic rings. The van der Waals surface area contributed by atoms with E-state index in [-0.39, 0.29) is 17.9 Å². The van der Waals surface area contributed by atoms with Gasteiger partial charge in [-0.05, 0) is 25.5 Å². The summed E-state index contributed by atoms with van der Waals surface area (Å²) in [6.07, 6.45) is 1.38. The van der Waals surface area contributed by atoms with Crippen LogP contribution in [0.2, 0.25) is 0 Å². The molecule has 0 fully saturated rings. The third-order valence-corrected chi connectivity index (χ3v) is 2.60. The van der Waals surface area contributed by atoms with Gasteiger partial charge in [-0.15, -0.1) is 0 Å². The number of nitro benzene ring substituents is 1. The molecule has 0 bridgehead atoms. The van der Waals surface area contributed by atoms with Crippen molar-refractivity contribution >= 4 is 11.4 Å². The number of anilines is 1. The Morgan fingerprint density at radius 1 is 1.56 bits per heavy atom. The fourth-order valence-corrected chi connectivity index (χ4v) is 1.72. The van der Waals surface area contributed by atoms with E-state index in [0.717, 1.165) is 18.6 Å². The molecule has 0 aliphatic carbocycles. The average Bonchev–Trinajstić information content (AvgIpc) is 2.27. The van der Waals surface area contributed by atoms with Crippen molar-refractivity contribution in [3.05, 3.63) is 34.1 Å². The molecule has 1 rings (SSSR count). The van der Waals surface area contributed by atoms with Crippen LogP contribution in [0.1, 0.15) is 26.7 Å². The molecule has 100 valence electrons. The first-order valence-corrected chi connectivity index (χ1v) is 5.76. The topological polar surface area (TPSA) is 75.4 Å². The van der Waals surface area contributed by atoms with Gasteiger partial charge in [0.05, 0.1) is 16.6 Å². The van der Waals surface area contributed by atoms with E-state index in [4.69, 9.17) is 0 Å². The summed E-state index contributed by atoms with van der Waals surface area (Å²) < 4.78 is 12.9. The van der Waals surface area contributed by atoms with E-state index < -0.39 is 16.3 Å². The molecule has 0 saturated heterocycles. The Bertz CT molecular complexity index is 435. The lowest BCUT2D eigenvalue weighted by Gasteiger charge is -2.23. The lowest BCUT2D eigenvalue weighted by molar-refractivity contribution is -0.384. The SMILES string of the molecule is CCCC(C)(O)CNc1ccc(F)cc1[N+](=O)[O-]. The van der Waals surface area contributed by atoms with Crippen molar-refractivity contribution in [3.8, 4) is 0 Å². The third kappa shape index (κ3) is 3.96. The van der Waals surface area contributed by atoms with Crippen molar-refractivity contribution in [3.63, 3.8) is 0 Å². The Morgan fingerprint density at radius 3 is 2.78 bits per heavy atom. The van der Waals surface area contributed by atoms with Gasteiger partial charge in [0.1, 0.15) is 11.5 Å². The van der Waals surface area contributed by atoms with Crippen LogP contribution in [0.25, 0.3) is 0 Å². The highest BCUT2D eigenvalue weighted by Gasteiger charge is 2.21. The summed E-state index contributed by atoms with van der Waals surface area (Å²) >= 11 is 0. The van der Waals surface area contributed by atoms with Crippen LogP contribution >= 0.6 is 0 Å². The molecule has 0 saturated carbocycles. The maximum absolute atomic E-state index is 12.9. The summed E-state index contributed by atoms with van der Waals surface area (Å²) in [4.78, 5) is 10.1. The molecule has 1 aromatic carbocycles. The largest absolute Gasteiger partial charge is 0.388 e. The van der Waals surface area contributed by atoms with Gasteiger partial charge in [-0.2, -0.15) is 0 Å². The molecule has 2 N–H and O–H groups in total. The lowest BCUT2D eigenvalue weighted by atomic mass is 10.0. The summed E-state index contributed by atoms with van der Waals surface area (Å²) in [5.74, 6) is -0.660. The van der Waals surface area contributed by atoms with Crippen molar-refractivity contribution in [2.75, 3.05) is 11.9 Å². The number of aliphatic hydroxyl groups is 1. The molecule has 0 aliphatic rings. The number of nitrogens with zero attached hydrogens (tertiary/aromatic N) is 1. The highest BCUT2D eigenvalue weighted by molar-refractivity contribution is 5.61. The molecule has 0 aliphatic heterocycles. The summed E-state index contributed by atoms with van der Waals surface area (Å²) in [5, 5.41) is 23.5. The lowest BCUT2D eigenvalue weighted by Crippen LogP contribution is -2.33. The van der Waals surface area contributed by atoms with Gasteiger partial charge in [0, 0.05) is 6.54 Å². The normalized spacial score (nSPS) is 14.0.